The van der Waals surface area contributed by atoms with Crippen molar-refractivity contribution in [1.29, 1.82) is 5.26 Å². The van der Waals surface area contributed by atoms with Gasteiger partial charge in [-0.25, -0.2) is 14.2 Å². The molecule has 0 spiro atoms. The summed E-state index contributed by atoms with van der Waals surface area (Å²) in [6.45, 7) is 1.98. The maximum atomic E-state index is 13.8. The van der Waals surface area contributed by atoms with Gasteiger partial charge in [0.15, 0.2) is 0 Å². The van der Waals surface area contributed by atoms with Crippen LogP contribution in [-0.4, -0.2) is 17.6 Å². The Morgan fingerprint density at radius 3 is 3.00 bits per heavy atom. The average Bonchev–Trinajstić information content (AvgIpc) is 2.88. The lowest BCUT2D eigenvalue weighted by Crippen LogP contribution is -2.01. The molecule has 0 amide bonds. The zero-order chi connectivity index (χ0) is 13.8. The Hall–Kier alpha value is -2.26. The molecule has 19 heavy (non-hydrogen) atoms. The molecule has 0 atom stereocenters. The Morgan fingerprint density at radius 1 is 1.58 bits per heavy atom. The van der Waals surface area contributed by atoms with Crippen LogP contribution in [0.4, 0.5) is 4.39 Å². The summed E-state index contributed by atoms with van der Waals surface area (Å²) in [4.78, 5) is 15.8. The number of halogens is 1. The lowest BCUT2D eigenvalue weighted by atomic mass is 10.1. The Kier molecular flexibility index (Phi) is 3.88. The van der Waals surface area contributed by atoms with E-state index >= 15 is 0 Å². The van der Waals surface area contributed by atoms with Crippen molar-refractivity contribution in [3.8, 4) is 16.6 Å². The van der Waals surface area contributed by atoms with Gasteiger partial charge in [-0.1, -0.05) is 0 Å². The van der Waals surface area contributed by atoms with Gasteiger partial charge >= 0.3 is 5.97 Å². The number of nitrogens with zero attached hydrogens (tertiary/aromatic N) is 2. The number of benzene rings is 1. The Bertz CT molecular complexity index is 661. The first-order valence-corrected chi connectivity index (χ1v) is 6.30. The van der Waals surface area contributed by atoms with E-state index in [2.05, 4.69) is 4.98 Å². The minimum Gasteiger partial charge on any atom is -0.462 e. The Balaban J connectivity index is 2.33. The SMILES string of the molecule is CCOC(=O)c1cnc(-c2ccc(C#N)cc2F)s1. The van der Waals surface area contributed by atoms with Crippen molar-refractivity contribution >= 4 is 17.3 Å². The minimum absolute atomic E-state index is 0.239. The van der Waals surface area contributed by atoms with Gasteiger partial charge < -0.3 is 4.74 Å². The van der Waals surface area contributed by atoms with E-state index in [-0.39, 0.29) is 17.7 Å². The molecular formula is C13H9FN2O2S. The second kappa shape index (κ2) is 5.59. The first-order chi connectivity index (χ1) is 9.15. The highest BCUT2D eigenvalue weighted by molar-refractivity contribution is 7.16. The van der Waals surface area contributed by atoms with Gasteiger partial charge in [0.05, 0.1) is 24.4 Å². The van der Waals surface area contributed by atoms with Crippen LogP contribution in [-0.2, 0) is 4.74 Å². The molecule has 0 fully saturated rings. The van der Waals surface area contributed by atoms with Crippen molar-refractivity contribution in [2.75, 3.05) is 6.61 Å². The molecule has 1 aromatic carbocycles. The van der Waals surface area contributed by atoms with Gasteiger partial charge in [-0.05, 0) is 25.1 Å². The van der Waals surface area contributed by atoms with E-state index in [0.29, 0.717) is 9.88 Å². The normalized spacial score (nSPS) is 9.95. The third-order valence-electron chi connectivity index (χ3n) is 2.31. The highest BCUT2D eigenvalue weighted by atomic mass is 32.1. The highest BCUT2D eigenvalue weighted by Crippen LogP contribution is 2.28. The summed E-state index contributed by atoms with van der Waals surface area (Å²) in [6, 6.07) is 5.97. The maximum Gasteiger partial charge on any atom is 0.349 e. The third-order valence-corrected chi connectivity index (χ3v) is 3.32. The van der Waals surface area contributed by atoms with E-state index in [9.17, 15) is 9.18 Å². The topological polar surface area (TPSA) is 63.0 Å². The highest BCUT2D eigenvalue weighted by Gasteiger charge is 2.15. The van der Waals surface area contributed by atoms with E-state index in [1.54, 1.807) is 6.92 Å². The second-order valence-corrected chi connectivity index (χ2v) is 4.59. The summed E-state index contributed by atoms with van der Waals surface area (Å²) in [6.07, 6.45) is 1.36. The maximum absolute atomic E-state index is 13.8. The zero-order valence-corrected chi connectivity index (χ0v) is 10.8. The van der Waals surface area contributed by atoms with Crippen molar-refractivity contribution in [2.45, 2.75) is 6.92 Å². The molecule has 1 aromatic heterocycles. The molecule has 4 nitrogen and oxygen atoms in total. The average molecular weight is 276 g/mol. The van der Waals surface area contributed by atoms with E-state index in [4.69, 9.17) is 10.00 Å². The lowest BCUT2D eigenvalue weighted by Gasteiger charge is -1.99. The number of nitriles is 1. The van der Waals surface area contributed by atoms with Crippen LogP contribution in [0.25, 0.3) is 10.6 Å². The number of carbonyl (C=O) groups excluding carboxylic acids is 1. The number of hydrogen-bond donors (Lipinski definition) is 0. The number of aromatic nitrogens is 1. The van der Waals surface area contributed by atoms with Gasteiger partial charge in [-0.15, -0.1) is 11.3 Å². The molecule has 0 saturated heterocycles. The van der Waals surface area contributed by atoms with Crippen molar-refractivity contribution < 1.29 is 13.9 Å². The van der Waals surface area contributed by atoms with Crippen LogP contribution in [0, 0.1) is 17.1 Å². The summed E-state index contributed by atoms with van der Waals surface area (Å²) in [5.74, 6) is -1.01. The predicted molar refractivity (Wildman–Crippen MR) is 68.2 cm³/mol. The largest absolute Gasteiger partial charge is 0.462 e. The minimum atomic E-state index is -0.538. The Morgan fingerprint density at radius 2 is 2.37 bits per heavy atom. The van der Waals surface area contributed by atoms with Gasteiger partial charge in [0.2, 0.25) is 0 Å². The second-order valence-electron chi connectivity index (χ2n) is 3.56. The molecule has 0 bridgehead atoms. The summed E-state index contributed by atoms with van der Waals surface area (Å²) < 4.78 is 18.6. The van der Waals surface area contributed by atoms with Crippen molar-refractivity contribution in [3.05, 3.63) is 40.7 Å². The van der Waals surface area contributed by atoms with Gasteiger partial charge in [0.25, 0.3) is 0 Å². The molecule has 0 N–H and O–H groups in total. The van der Waals surface area contributed by atoms with Crippen LogP contribution in [0.1, 0.15) is 22.2 Å². The van der Waals surface area contributed by atoms with Crippen LogP contribution in [0.3, 0.4) is 0 Å². The van der Waals surface area contributed by atoms with E-state index in [1.807, 2.05) is 6.07 Å². The molecule has 0 radical (unpaired) electrons. The molecule has 0 aliphatic rings. The van der Waals surface area contributed by atoms with Gasteiger partial charge in [0.1, 0.15) is 15.7 Å². The van der Waals surface area contributed by atoms with Crippen LogP contribution in [0.5, 0.6) is 0 Å². The smallest absolute Gasteiger partial charge is 0.349 e. The van der Waals surface area contributed by atoms with E-state index < -0.39 is 11.8 Å². The van der Waals surface area contributed by atoms with Gasteiger partial charge in [-0.3, -0.25) is 0 Å². The zero-order valence-electron chi connectivity index (χ0n) is 10.0. The first kappa shape index (κ1) is 13.2. The van der Waals surface area contributed by atoms with Crippen LogP contribution in [0.2, 0.25) is 0 Å². The molecule has 0 saturated carbocycles. The lowest BCUT2D eigenvalue weighted by molar-refractivity contribution is 0.0532. The van der Waals surface area contributed by atoms with E-state index in [0.717, 1.165) is 17.4 Å². The first-order valence-electron chi connectivity index (χ1n) is 5.48. The van der Waals surface area contributed by atoms with Crippen molar-refractivity contribution in [3.63, 3.8) is 0 Å². The molecule has 2 rings (SSSR count). The number of carbonyl (C=O) groups is 1. The quantitative estimate of drug-likeness (QED) is 0.808. The van der Waals surface area contributed by atoms with Gasteiger partial charge in [0, 0.05) is 5.56 Å². The summed E-state index contributed by atoms with van der Waals surface area (Å²) >= 11 is 1.05. The number of thiazole rings is 1. The van der Waals surface area contributed by atoms with Crippen molar-refractivity contribution in [1.82, 2.24) is 4.98 Å². The van der Waals surface area contributed by atoms with Gasteiger partial charge in [-0.2, -0.15) is 5.26 Å². The molecule has 2 aromatic rings. The number of ether oxygens (including phenoxy) is 1. The molecular weight excluding hydrogens is 267 g/mol. The molecule has 96 valence electrons. The number of rotatable bonds is 3. The third kappa shape index (κ3) is 2.77. The predicted octanol–water partition coefficient (Wildman–Crippen LogP) is 3.00. The monoisotopic (exact) mass is 276 g/mol. The fraction of sp³-hybridized carbons (Fsp3) is 0.154. The standard InChI is InChI=1S/C13H9FN2O2S/c1-2-18-13(17)11-7-16-12(19-11)9-4-3-8(6-15)5-10(9)14/h3-5,7H,2H2,1H3. The van der Waals surface area contributed by atoms with Crippen LogP contribution in [0.15, 0.2) is 24.4 Å². The van der Waals surface area contributed by atoms with Crippen LogP contribution >= 0.6 is 11.3 Å². The fourth-order valence-corrected chi connectivity index (χ4v) is 2.29. The summed E-state index contributed by atoms with van der Waals surface area (Å²) in [5, 5.41) is 9.05. The molecule has 6 heteroatoms. The Labute approximate surface area is 113 Å². The fourth-order valence-electron chi connectivity index (χ4n) is 1.45. The molecule has 0 aliphatic carbocycles. The van der Waals surface area contributed by atoms with Crippen LogP contribution < -0.4 is 0 Å². The number of hydrogen-bond acceptors (Lipinski definition) is 5. The van der Waals surface area contributed by atoms with Crippen molar-refractivity contribution in [2.24, 2.45) is 0 Å². The summed E-state index contributed by atoms with van der Waals surface area (Å²) in [7, 11) is 0. The molecule has 1 heterocycles. The summed E-state index contributed by atoms with van der Waals surface area (Å²) in [5.41, 5.74) is 0.503. The van der Waals surface area contributed by atoms with E-state index in [1.165, 1.54) is 18.3 Å². The number of esters is 1. The molecule has 0 aliphatic heterocycles. The molecule has 0 unspecified atom stereocenters.